The molecule has 94 valence electrons. The lowest BCUT2D eigenvalue weighted by Gasteiger charge is -2.38. The maximum absolute atomic E-state index is 11.9. The Hall–Kier alpha value is -1.79. The molecule has 0 aliphatic carbocycles. The fourth-order valence-electron chi connectivity index (χ4n) is 2.16. The molecule has 2 aliphatic rings. The van der Waals surface area contributed by atoms with Gasteiger partial charge in [-0.1, -0.05) is 0 Å². The maximum Gasteiger partial charge on any atom is 0.320 e. The molecule has 0 bridgehead atoms. The smallest absolute Gasteiger partial charge is 0.320 e. The van der Waals surface area contributed by atoms with E-state index in [0.717, 1.165) is 0 Å². The third-order valence-electron chi connectivity index (χ3n) is 3.36. The zero-order valence-electron chi connectivity index (χ0n) is 9.33. The molecule has 1 unspecified atom stereocenters. The number of likely N-dealkylation sites (tertiary alicyclic amines) is 2. The number of hydrogen-bond donors (Lipinski definition) is 2. The van der Waals surface area contributed by atoms with Crippen LogP contribution in [0.15, 0.2) is 0 Å². The Kier molecular flexibility index (Phi) is 2.91. The van der Waals surface area contributed by atoms with Crippen molar-refractivity contribution in [1.82, 2.24) is 9.80 Å². The number of primary amides is 1. The number of carboxylic acids is 1. The molecule has 1 atom stereocenters. The van der Waals surface area contributed by atoms with Crippen LogP contribution in [-0.2, 0) is 9.59 Å². The summed E-state index contributed by atoms with van der Waals surface area (Å²) in [5.41, 5.74) is 5.18. The van der Waals surface area contributed by atoms with Gasteiger partial charge in [0, 0.05) is 26.2 Å². The van der Waals surface area contributed by atoms with Crippen LogP contribution in [0.2, 0.25) is 0 Å². The highest BCUT2D eigenvalue weighted by molar-refractivity contribution is 5.82. The van der Waals surface area contributed by atoms with Crippen LogP contribution < -0.4 is 5.73 Å². The SMILES string of the molecule is NC(=O)C1CCN(C(=O)N2CC(C(=O)O)C2)C1. The summed E-state index contributed by atoms with van der Waals surface area (Å²) in [6.07, 6.45) is 0.595. The van der Waals surface area contributed by atoms with Crippen LogP contribution in [0, 0.1) is 11.8 Å². The van der Waals surface area contributed by atoms with E-state index in [9.17, 15) is 14.4 Å². The van der Waals surface area contributed by atoms with Gasteiger partial charge < -0.3 is 20.6 Å². The van der Waals surface area contributed by atoms with E-state index >= 15 is 0 Å². The molecule has 0 aromatic carbocycles. The van der Waals surface area contributed by atoms with Gasteiger partial charge in [0.05, 0.1) is 11.8 Å². The number of amides is 3. The topological polar surface area (TPSA) is 104 Å². The van der Waals surface area contributed by atoms with Crippen molar-refractivity contribution >= 4 is 17.9 Å². The zero-order valence-corrected chi connectivity index (χ0v) is 9.33. The Morgan fingerprint density at radius 2 is 1.65 bits per heavy atom. The second-order valence-corrected chi connectivity index (χ2v) is 4.56. The summed E-state index contributed by atoms with van der Waals surface area (Å²) in [6.45, 7) is 1.38. The summed E-state index contributed by atoms with van der Waals surface area (Å²) in [5, 5.41) is 8.70. The summed E-state index contributed by atoms with van der Waals surface area (Å²) in [6, 6.07) is -0.189. The Morgan fingerprint density at radius 1 is 1.06 bits per heavy atom. The molecule has 7 nitrogen and oxygen atoms in total. The van der Waals surface area contributed by atoms with Crippen LogP contribution in [0.5, 0.6) is 0 Å². The molecule has 2 fully saturated rings. The number of carbonyl (C=O) groups excluding carboxylic acids is 2. The molecule has 0 radical (unpaired) electrons. The lowest BCUT2D eigenvalue weighted by molar-refractivity contribution is -0.146. The molecule has 2 rings (SSSR count). The molecule has 0 aromatic rings. The third-order valence-corrected chi connectivity index (χ3v) is 3.36. The van der Waals surface area contributed by atoms with Gasteiger partial charge in [-0.25, -0.2) is 4.79 Å². The highest BCUT2D eigenvalue weighted by atomic mass is 16.4. The Balaban J connectivity index is 1.83. The largest absolute Gasteiger partial charge is 0.481 e. The fraction of sp³-hybridized carbons (Fsp3) is 0.700. The van der Waals surface area contributed by atoms with Gasteiger partial charge in [0.1, 0.15) is 0 Å². The molecule has 2 heterocycles. The number of urea groups is 1. The quantitative estimate of drug-likeness (QED) is 0.642. The van der Waals surface area contributed by atoms with E-state index in [1.54, 1.807) is 4.90 Å². The third kappa shape index (κ3) is 2.17. The van der Waals surface area contributed by atoms with Crippen molar-refractivity contribution in [1.29, 1.82) is 0 Å². The van der Waals surface area contributed by atoms with E-state index < -0.39 is 11.9 Å². The summed E-state index contributed by atoms with van der Waals surface area (Å²) in [4.78, 5) is 36.5. The second-order valence-electron chi connectivity index (χ2n) is 4.56. The minimum Gasteiger partial charge on any atom is -0.481 e. The Morgan fingerprint density at radius 3 is 2.12 bits per heavy atom. The van der Waals surface area contributed by atoms with Gasteiger partial charge in [-0.3, -0.25) is 9.59 Å². The predicted octanol–water partition coefficient (Wildman–Crippen LogP) is -1.07. The van der Waals surface area contributed by atoms with E-state index in [1.807, 2.05) is 0 Å². The van der Waals surface area contributed by atoms with Crippen molar-refractivity contribution in [2.45, 2.75) is 6.42 Å². The first-order chi connectivity index (χ1) is 7.99. The second kappa shape index (κ2) is 4.23. The van der Waals surface area contributed by atoms with Gasteiger partial charge >= 0.3 is 12.0 Å². The average molecular weight is 241 g/mol. The predicted molar refractivity (Wildman–Crippen MR) is 57.0 cm³/mol. The maximum atomic E-state index is 11.9. The highest BCUT2D eigenvalue weighted by Gasteiger charge is 2.39. The number of nitrogens with zero attached hydrogens (tertiary/aromatic N) is 2. The summed E-state index contributed by atoms with van der Waals surface area (Å²) in [5.74, 6) is -1.97. The number of nitrogens with two attached hydrogens (primary N) is 1. The molecule has 3 N–H and O–H groups in total. The highest BCUT2D eigenvalue weighted by Crippen LogP contribution is 2.22. The lowest BCUT2D eigenvalue weighted by Crippen LogP contribution is -2.56. The van der Waals surface area contributed by atoms with Gasteiger partial charge in [-0.15, -0.1) is 0 Å². The van der Waals surface area contributed by atoms with Crippen molar-refractivity contribution in [3.8, 4) is 0 Å². The first-order valence-electron chi connectivity index (χ1n) is 5.55. The molecule has 3 amide bonds. The number of aliphatic carboxylic acids is 1. The minimum absolute atomic E-state index is 0.189. The molecule has 0 spiro atoms. The standard InChI is InChI=1S/C10H15N3O4/c11-8(14)6-1-2-12(3-6)10(17)13-4-7(5-13)9(15)16/h6-7H,1-5H2,(H2,11,14)(H,15,16). The van der Waals surface area contributed by atoms with Gasteiger partial charge in [-0.2, -0.15) is 0 Å². The fourth-order valence-corrected chi connectivity index (χ4v) is 2.16. The molecule has 2 saturated heterocycles. The monoisotopic (exact) mass is 241 g/mol. The zero-order chi connectivity index (χ0) is 12.6. The van der Waals surface area contributed by atoms with Gasteiger partial charge in [0.15, 0.2) is 0 Å². The summed E-state index contributed by atoms with van der Waals surface area (Å²) in [7, 11) is 0. The van der Waals surface area contributed by atoms with Crippen LogP contribution in [0.4, 0.5) is 4.79 Å². The van der Waals surface area contributed by atoms with Crippen LogP contribution in [0.1, 0.15) is 6.42 Å². The van der Waals surface area contributed by atoms with E-state index in [2.05, 4.69) is 0 Å². The Bertz CT molecular complexity index is 365. The Labute approximate surface area is 98.2 Å². The number of rotatable bonds is 2. The van der Waals surface area contributed by atoms with Crippen molar-refractivity contribution in [3.05, 3.63) is 0 Å². The van der Waals surface area contributed by atoms with Crippen molar-refractivity contribution < 1.29 is 19.5 Å². The minimum atomic E-state index is -0.870. The molecular weight excluding hydrogens is 226 g/mol. The van der Waals surface area contributed by atoms with Crippen LogP contribution in [0.3, 0.4) is 0 Å². The van der Waals surface area contributed by atoms with Crippen molar-refractivity contribution in [2.24, 2.45) is 17.6 Å². The average Bonchev–Trinajstić information content (AvgIpc) is 2.62. The number of carboxylic acid groups (broad SMARTS) is 1. The van der Waals surface area contributed by atoms with Crippen LogP contribution in [0.25, 0.3) is 0 Å². The number of carbonyl (C=O) groups is 3. The van der Waals surface area contributed by atoms with Crippen LogP contribution >= 0.6 is 0 Å². The van der Waals surface area contributed by atoms with Crippen LogP contribution in [-0.4, -0.2) is 59.0 Å². The summed E-state index contributed by atoms with van der Waals surface area (Å²) < 4.78 is 0. The molecule has 7 heteroatoms. The van der Waals surface area contributed by atoms with Gasteiger partial charge in [0.2, 0.25) is 5.91 Å². The normalized spacial score (nSPS) is 24.6. The lowest BCUT2D eigenvalue weighted by atomic mass is 10.0. The molecule has 0 saturated carbocycles. The molecule has 0 aromatic heterocycles. The first-order valence-corrected chi connectivity index (χ1v) is 5.55. The van der Waals surface area contributed by atoms with Gasteiger partial charge in [-0.05, 0) is 6.42 Å². The van der Waals surface area contributed by atoms with Gasteiger partial charge in [0.25, 0.3) is 0 Å². The van der Waals surface area contributed by atoms with E-state index in [1.165, 1.54) is 4.90 Å². The molecule has 17 heavy (non-hydrogen) atoms. The van der Waals surface area contributed by atoms with Crippen molar-refractivity contribution in [2.75, 3.05) is 26.2 Å². The van der Waals surface area contributed by atoms with Crippen molar-refractivity contribution in [3.63, 3.8) is 0 Å². The first kappa shape index (κ1) is 11.7. The van der Waals surface area contributed by atoms with E-state index in [4.69, 9.17) is 10.8 Å². The van der Waals surface area contributed by atoms with E-state index in [0.29, 0.717) is 19.5 Å². The molecular formula is C10H15N3O4. The summed E-state index contributed by atoms with van der Waals surface area (Å²) >= 11 is 0. The molecule has 2 aliphatic heterocycles. The van der Waals surface area contributed by atoms with E-state index in [-0.39, 0.29) is 30.9 Å². The number of hydrogen-bond acceptors (Lipinski definition) is 3.